The molecule has 8 heteroatoms. The number of nitrogens with one attached hydrogen (secondary N) is 1. The lowest BCUT2D eigenvalue weighted by molar-refractivity contribution is 0.521. The molecule has 1 aromatic rings. The van der Waals surface area contributed by atoms with Crippen LogP contribution in [-0.2, 0) is 10.0 Å². The summed E-state index contributed by atoms with van der Waals surface area (Å²) in [6.45, 7) is 0.325. The quantitative estimate of drug-likeness (QED) is 0.745. The van der Waals surface area contributed by atoms with Gasteiger partial charge in [0, 0.05) is 36.4 Å². The molecule has 0 spiro atoms. The van der Waals surface area contributed by atoms with E-state index in [9.17, 15) is 8.42 Å². The zero-order valence-electron chi connectivity index (χ0n) is 10.7. The largest absolute Gasteiger partial charge is 0.389 e. The smallest absolute Gasteiger partial charge is 0.215 e. The summed E-state index contributed by atoms with van der Waals surface area (Å²) in [7, 11) is -0.156. The van der Waals surface area contributed by atoms with Crippen molar-refractivity contribution >= 4 is 48.8 Å². The van der Waals surface area contributed by atoms with Gasteiger partial charge in [-0.25, -0.2) is 12.7 Å². The van der Waals surface area contributed by atoms with Crippen LogP contribution in [0.5, 0.6) is 0 Å². The maximum Gasteiger partial charge on any atom is 0.215 e. The summed E-state index contributed by atoms with van der Waals surface area (Å²) in [5, 5.41) is 3.05. The second-order valence-electron chi connectivity index (χ2n) is 4.08. The number of sulfonamides is 1. The van der Waals surface area contributed by atoms with Gasteiger partial charge in [0.05, 0.1) is 5.75 Å². The van der Waals surface area contributed by atoms with Gasteiger partial charge in [-0.15, -0.1) is 0 Å². The highest BCUT2D eigenvalue weighted by atomic mass is 79.9. The van der Waals surface area contributed by atoms with Crippen LogP contribution in [0.4, 0.5) is 5.69 Å². The molecule has 3 N–H and O–H groups in total. The molecule has 0 fully saturated rings. The molecule has 0 amide bonds. The Morgan fingerprint density at radius 2 is 2.11 bits per heavy atom. The van der Waals surface area contributed by atoms with Crippen LogP contribution in [0.25, 0.3) is 0 Å². The SMILES string of the molecule is CN(C)S(=O)(=O)CCNc1ccc(C(N)=S)cc1Br. The third-order valence-corrected chi connectivity index (χ3v) is 5.21. The van der Waals surface area contributed by atoms with Gasteiger partial charge >= 0.3 is 0 Å². The molecule has 0 atom stereocenters. The van der Waals surface area contributed by atoms with Crippen LogP contribution in [-0.4, -0.2) is 44.1 Å². The second kappa shape index (κ2) is 6.65. The first kappa shape index (κ1) is 16.4. The molecular formula is C11H16BrN3O2S2. The molecular weight excluding hydrogens is 350 g/mol. The lowest BCUT2D eigenvalue weighted by atomic mass is 10.2. The van der Waals surface area contributed by atoms with Gasteiger partial charge in [0.2, 0.25) is 10.0 Å². The Morgan fingerprint density at radius 3 is 2.58 bits per heavy atom. The van der Waals surface area contributed by atoms with Crippen LogP contribution < -0.4 is 11.1 Å². The lowest BCUT2D eigenvalue weighted by Crippen LogP contribution is -2.28. The van der Waals surface area contributed by atoms with Crippen LogP contribution >= 0.6 is 28.1 Å². The van der Waals surface area contributed by atoms with E-state index in [1.165, 1.54) is 18.4 Å². The maximum absolute atomic E-state index is 11.6. The number of anilines is 1. The van der Waals surface area contributed by atoms with Gasteiger partial charge in [-0.05, 0) is 34.1 Å². The molecule has 1 rings (SSSR count). The van der Waals surface area contributed by atoms with Gasteiger partial charge < -0.3 is 11.1 Å². The number of benzene rings is 1. The molecule has 106 valence electrons. The van der Waals surface area contributed by atoms with Crippen molar-refractivity contribution in [2.75, 3.05) is 31.7 Å². The highest BCUT2D eigenvalue weighted by molar-refractivity contribution is 9.10. The number of rotatable bonds is 6. The summed E-state index contributed by atoms with van der Waals surface area (Å²) >= 11 is 8.27. The number of thiocarbonyl (C=S) groups is 1. The van der Waals surface area contributed by atoms with Gasteiger partial charge in [0.1, 0.15) is 4.99 Å². The minimum Gasteiger partial charge on any atom is -0.389 e. The normalized spacial score (nSPS) is 11.6. The summed E-state index contributed by atoms with van der Waals surface area (Å²) in [6.07, 6.45) is 0. The van der Waals surface area contributed by atoms with E-state index in [0.717, 1.165) is 15.7 Å². The lowest BCUT2D eigenvalue weighted by Gasteiger charge is -2.13. The van der Waals surface area contributed by atoms with E-state index in [-0.39, 0.29) is 5.75 Å². The number of halogens is 1. The van der Waals surface area contributed by atoms with Crippen LogP contribution in [0.15, 0.2) is 22.7 Å². The molecule has 0 saturated heterocycles. The maximum atomic E-state index is 11.6. The monoisotopic (exact) mass is 365 g/mol. The average molecular weight is 366 g/mol. The van der Waals surface area contributed by atoms with Crippen molar-refractivity contribution in [3.63, 3.8) is 0 Å². The van der Waals surface area contributed by atoms with Crippen LogP contribution in [0, 0.1) is 0 Å². The summed E-state index contributed by atoms with van der Waals surface area (Å²) in [5.74, 6) is 0.0312. The van der Waals surface area contributed by atoms with Crippen molar-refractivity contribution in [2.45, 2.75) is 0 Å². The minimum absolute atomic E-state index is 0.0312. The molecule has 0 aliphatic rings. The molecule has 0 heterocycles. The molecule has 0 unspecified atom stereocenters. The van der Waals surface area contributed by atoms with Crippen molar-refractivity contribution in [3.05, 3.63) is 28.2 Å². The van der Waals surface area contributed by atoms with Crippen molar-refractivity contribution in [1.82, 2.24) is 4.31 Å². The fraction of sp³-hybridized carbons (Fsp3) is 0.364. The average Bonchev–Trinajstić information content (AvgIpc) is 2.30. The predicted octanol–water partition coefficient (Wildman–Crippen LogP) is 1.39. The summed E-state index contributed by atoms with van der Waals surface area (Å²) in [5.41, 5.74) is 7.09. The van der Waals surface area contributed by atoms with Gasteiger partial charge in [-0.1, -0.05) is 12.2 Å². The van der Waals surface area contributed by atoms with Crippen molar-refractivity contribution in [1.29, 1.82) is 0 Å². The Morgan fingerprint density at radius 1 is 1.47 bits per heavy atom. The first-order chi connectivity index (χ1) is 8.74. The number of nitrogens with two attached hydrogens (primary N) is 1. The Kier molecular flexibility index (Phi) is 5.72. The third-order valence-electron chi connectivity index (χ3n) is 2.49. The highest BCUT2D eigenvalue weighted by Crippen LogP contribution is 2.23. The van der Waals surface area contributed by atoms with Gasteiger partial charge in [-0.3, -0.25) is 0 Å². The second-order valence-corrected chi connectivity index (χ2v) is 7.68. The summed E-state index contributed by atoms with van der Waals surface area (Å²) in [4.78, 5) is 0.322. The van der Waals surface area contributed by atoms with E-state index in [1.807, 2.05) is 0 Å². The Bertz CT molecular complexity index is 573. The van der Waals surface area contributed by atoms with E-state index < -0.39 is 10.0 Å². The molecule has 0 bridgehead atoms. The third kappa shape index (κ3) is 4.72. The van der Waals surface area contributed by atoms with Crippen molar-refractivity contribution in [3.8, 4) is 0 Å². The highest BCUT2D eigenvalue weighted by Gasteiger charge is 2.13. The van der Waals surface area contributed by atoms with E-state index in [2.05, 4.69) is 21.2 Å². The summed E-state index contributed by atoms with van der Waals surface area (Å²) < 4.78 is 25.2. The minimum atomic E-state index is -3.19. The number of hydrogen-bond donors (Lipinski definition) is 2. The Labute approximate surface area is 127 Å². The number of hydrogen-bond acceptors (Lipinski definition) is 4. The van der Waals surface area contributed by atoms with Gasteiger partial charge in [0.15, 0.2) is 0 Å². The molecule has 0 aliphatic heterocycles. The molecule has 0 aromatic heterocycles. The topological polar surface area (TPSA) is 75.4 Å². The van der Waals surface area contributed by atoms with E-state index in [0.29, 0.717) is 11.5 Å². The molecule has 1 aromatic carbocycles. The first-order valence-corrected chi connectivity index (χ1v) is 8.28. The Balaban J connectivity index is 2.67. The van der Waals surface area contributed by atoms with Crippen molar-refractivity contribution in [2.24, 2.45) is 5.73 Å². The first-order valence-electron chi connectivity index (χ1n) is 5.47. The van der Waals surface area contributed by atoms with Gasteiger partial charge in [-0.2, -0.15) is 0 Å². The standard InChI is InChI=1S/C11H16BrN3O2S2/c1-15(2)19(16,17)6-5-14-10-4-3-8(11(13)18)7-9(10)12/h3-4,7,14H,5-6H2,1-2H3,(H2,13,18). The Hall–Kier alpha value is -0.700. The molecule has 0 radical (unpaired) electrons. The molecule has 19 heavy (non-hydrogen) atoms. The van der Waals surface area contributed by atoms with Crippen LogP contribution in [0.3, 0.4) is 0 Å². The molecule has 5 nitrogen and oxygen atoms in total. The van der Waals surface area contributed by atoms with Crippen molar-refractivity contribution < 1.29 is 8.42 Å². The van der Waals surface area contributed by atoms with E-state index >= 15 is 0 Å². The predicted molar refractivity (Wildman–Crippen MR) is 86.0 cm³/mol. The zero-order chi connectivity index (χ0) is 14.6. The molecule has 0 aliphatic carbocycles. The van der Waals surface area contributed by atoms with Crippen LogP contribution in [0.2, 0.25) is 0 Å². The summed E-state index contributed by atoms with van der Waals surface area (Å²) in [6, 6.07) is 5.39. The number of nitrogens with zero attached hydrogens (tertiary/aromatic N) is 1. The van der Waals surface area contributed by atoms with Gasteiger partial charge in [0.25, 0.3) is 0 Å². The molecule has 0 saturated carbocycles. The fourth-order valence-corrected chi connectivity index (χ4v) is 2.68. The van der Waals surface area contributed by atoms with E-state index in [4.69, 9.17) is 18.0 Å². The zero-order valence-corrected chi connectivity index (χ0v) is 13.9. The van der Waals surface area contributed by atoms with E-state index in [1.54, 1.807) is 18.2 Å². The fourth-order valence-electron chi connectivity index (χ4n) is 1.31. The van der Waals surface area contributed by atoms with Crippen LogP contribution in [0.1, 0.15) is 5.56 Å².